The zero-order valence-electron chi connectivity index (χ0n) is 14.1. The highest BCUT2D eigenvalue weighted by Gasteiger charge is 2.31. The highest BCUT2D eigenvalue weighted by Crippen LogP contribution is 2.33. The number of pyridine rings is 1. The van der Waals surface area contributed by atoms with Crippen molar-refractivity contribution in [3.05, 3.63) is 59.3 Å². The first-order chi connectivity index (χ1) is 11.7. The molecule has 0 unspecified atom stereocenters. The van der Waals surface area contributed by atoms with Crippen LogP contribution in [0.3, 0.4) is 0 Å². The van der Waals surface area contributed by atoms with Crippen LogP contribution in [-0.2, 0) is 11.3 Å². The SMILES string of the molecule is COc1ncc([C@H]2CCCN2C(=O)OCc2ccccc2)cc1C. The summed E-state index contributed by atoms with van der Waals surface area (Å²) in [5.74, 6) is 0.620. The van der Waals surface area contributed by atoms with Gasteiger partial charge in [-0.05, 0) is 37.0 Å². The summed E-state index contributed by atoms with van der Waals surface area (Å²) >= 11 is 0. The number of benzene rings is 1. The van der Waals surface area contributed by atoms with Crippen molar-refractivity contribution >= 4 is 6.09 Å². The number of likely N-dealkylation sites (tertiary alicyclic amines) is 1. The van der Waals surface area contributed by atoms with E-state index in [1.165, 1.54) is 0 Å². The van der Waals surface area contributed by atoms with Crippen molar-refractivity contribution in [1.29, 1.82) is 0 Å². The molecule has 2 heterocycles. The van der Waals surface area contributed by atoms with E-state index in [0.717, 1.165) is 29.5 Å². The molecule has 1 amide bonds. The fraction of sp³-hybridized carbons (Fsp3) is 0.368. The Morgan fingerprint density at radius 1 is 1.33 bits per heavy atom. The van der Waals surface area contributed by atoms with Crippen molar-refractivity contribution in [1.82, 2.24) is 9.88 Å². The maximum atomic E-state index is 12.5. The lowest BCUT2D eigenvalue weighted by molar-refractivity contribution is 0.0920. The van der Waals surface area contributed by atoms with E-state index < -0.39 is 0 Å². The van der Waals surface area contributed by atoms with Crippen LogP contribution in [0.4, 0.5) is 4.79 Å². The van der Waals surface area contributed by atoms with Crippen LogP contribution in [-0.4, -0.2) is 29.6 Å². The number of hydrogen-bond donors (Lipinski definition) is 0. The Hall–Kier alpha value is -2.56. The summed E-state index contributed by atoms with van der Waals surface area (Å²) in [5.41, 5.74) is 2.99. The summed E-state index contributed by atoms with van der Waals surface area (Å²) in [6.45, 7) is 2.97. The maximum absolute atomic E-state index is 12.5. The standard InChI is InChI=1S/C19H22N2O3/c1-14-11-16(12-20-18(14)23-2)17-9-6-10-21(17)19(22)24-13-15-7-4-3-5-8-15/h3-5,7-8,11-12,17H,6,9-10,13H2,1-2H3/t17-/m1/s1. The van der Waals surface area contributed by atoms with Crippen LogP contribution in [0.2, 0.25) is 0 Å². The average molecular weight is 326 g/mol. The average Bonchev–Trinajstić information content (AvgIpc) is 3.10. The van der Waals surface area contributed by atoms with Gasteiger partial charge in [-0.15, -0.1) is 0 Å². The first-order valence-electron chi connectivity index (χ1n) is 8.17. The lowest BCUT2D eigenvalue weighted by Gasteiger charge is -2.24. The minimum Gasteiger partial charge on any atom is -0.481 e. The Morgan fingerprint density at radius 3 is 2.83 bits per heavy atom. The molecule has 1 aromatic carbocycles. The number of aromatic nitrogens is 1. The van der Waals surface area contributed by atoms with Gasteiger partial charge in [-0.1, -0.05) is 30.3 Å². The van der Waals surface area contributed by atoms with E-state index in [2.05, 4.69) is 4.98 Å². The molecular formula is C19H22N2O3. The number of ether oxygens (including phenoxy) is 2. The molecule has 0 spiro atoms. The molecule has 0 aliphatic carbocycles. The summed E-state index contributed by atoms with van der Waals surface area (Å²) in [7, 11) is 1.61. The quantitative estimate of drug-likeness (QED) is 0.856. The highest BCUT2D eigenvalue weighted by molar-refractivity contribution is 5.68. The van der Waals surface area contributed by atoms with Crippen LogP contribution in [0.15, 0.2) is 42.6 Å². The molecule has 1 fully saturated rings. The van der Waals surface area contributed by atoms with E-state index in [9.17, 15) is 4.79 Å². The topological polar surface area (TPSA) is 51.7 Å². The molecule has 0 radical (unpaired) electrons. The van der Waals surface area contributed by atoms with E-state index in [0.29, 0.717) is 19.0 Å². The molecule has 24 heavy (non-hydrogen) atoms. The second kappa shape index (κ2) is 7.34. The summed E-state index contributed by atoms with van der Waals surface area (Å²) < 4.78 is 10.7. The van der Waals surface area contributed by atoms with Crippen LogP contribution in [0.1, 0.15) is 35.6 Å². The van der Waals surface area contributed by atoms with Gasteiger partial charge >= 0.3 is 6.09 Å². The number of amides is 1. The molecule has 0 N–H and O–H groups in total. The Labute approximate surface area is 142 Å². The van der Waals surface area contributed by atoms with E-state index in [-0.39, 0.29) is 12.1 Å². The lowest BCUT2D eigenvalue weighted by atomic mass is 10.1. The number of nitrogens with zero attached hydrogens (tertiary/aromatic N) is 2. The molecule has 5 nitrogen and oxygen atoms in total. The van der Waals surface area contributed by atoms with Crippen molar-refractivity contribution in [2.75, 3.05) is 13.7 Å². The zero-order chi connectivity index (χ0) is 16.9. The predicted octanol–water partition coefficient (Wildman–Crippen LogP) is 3.87. The van der Waals surface area contributed by atoms with Crippen LogP contribution in [0.5, 0.6) is 5.88 Å². The van der Waals surface area contributed by atoms with Gasteiger partial charge in [0.1, 0.15) is 6.61 Å². The normalized spacial score (nSPS) is 16.9. The highest BCUT2D eigenvalue weighted by atomic mass is 16.6. The Bertz CT molecular complexity index is 703. The molecule has 2 aromatic rings. The minimum atomic E-state index is -0.269. The molecule has 1 aliphatic rings. The van der Waals surface area contributed by atoms with Crippen LogP contribution < -0.4 is 4.74 Å². The first-order valence-corrected chi connectivity index (χ1v) is 8.17. The molecule has 3 rings (SSSR count). The van der Waals surface area contributed by atoms with Crippen molar-refractivity contribution < 1.29 is 14.3 Å². The van der Waals surface area contributed by atoms with Crippen molar-refractivity contribution in [2.45, 2.75) is 32.4 Å². The van der Waals surface area contributed by atoms with Crippen molar-refractivity contribution in [2.24, 2.45) is 0 Å². The van der Waals surface area contributed by atoms with Crippen LogP contribution in [0, 0.1) is 6.92 Å². The zero-order valence-corrected chi connectivity index (χ0v) is 14.1. The van der Waals surface area contributed by atoms with Gasteiger partial charge in [0, 0.05) is 18.3 Å². The summed E-state index contributed by atoms with van der Waals surface area (Å²) in [4.78, 5) is 18.6. The third-order valence-corrected chi connectivity index (χ3v) is 4.32. The maximum Gasteiger partial charge on any atom is 0.410 e. The smallest absolute Gasteiger partial charge is 0.410 e. The Kier molecular flexibility index (Phi) is 4.99. The van der Waals surface area contributed by atoms with Gasteiger partial charge in [0.15, 0.2) is 0 Å². The largest absolute Gasteiger partial charge is 0.481 e. The molecular weight excluding hydrogens is 304 g/mol. The fourth-order valence-electron chi connectivity index (χ4n) is 3.11. The van der Waals surface area contributed by atoms with Gasteiger partial charge in [0.2, 0.25) is 5.88 Å². The summed E-state index contributed by atoms with van der Waals surface area (Å²) in [6.07, 6.45) is 3.42. The number of rotatable bonds is 4. The monoisotopic (exact) mass is 326 g/mol. The van der Waals surface area contributed by atoms with Gasteiger partial charge in [0.05, 0.1) is 13.2 Å². The van der Waals surface area contributed by atoms with Gasteiger partial charge in [-0.3, -0.25) is 0 Å². The van der Waals surface area contributed by atoms with Gasteiger partial charge < -0.3 is 14.4 Å². The molecule has 5 heteroatoms. The van der Waals surface area contributed by atoms with Gasteiger partial charge in [-0.25, -0.2) is 9.78 Å². The van der Waals surface area contributed by atoms with E-state index in [1.807, 2.05) is 43.3 Å². The Morgan fingerprint density at radius 2 is 2.12 bits per heavy atom. The lowest BCUT2D eigenvalue weighted by Crippen LogP contribution is -2.31. The molecule has 0 bridgehead atoms. The molecule has 1 saturated heterocycles. The minimum absolute atomic E-state index is 0.0189. The van der Waals surface area contributed by atoms with E-state index >= 15 is 0 Å². The third-order valence-electron chi connectivity index (χ3n) is 4.32. The molecule has 1 aromatic heterocycles. The third kappa shape index (κ3) is 3.50. The first kappa shape index (κ1) is 16.3. The number of aryl methyl sites for hydroxylation is 1. The molecule has 1 atom stereocenters. The number of methoxy groups -OCH3 is 1. The summed E-state index contributed by atoms with van der Waals surface area (Å²) in [6, 6.07) is 11.8. The molecule has 1 aliphatic heterocycles. The van der Waals surface area contributed by atoms with Crippen molar-refractivity contribution in [3.63, 3.8) is 0 Å². The number of carbonyl (C=O) groups is 1. The van der Waals surface area contributed by atoms with Gasteiger partial charge in [0.25, 0.3) is 0 Å². The molecule has 126 valence electrons. The van der Waals surface area contributed by atoms with E-state index in [1.54, 1.807) is 18.2 Å². The molecule has 0 saturated carbocycles. The Balaban J connectivity index is 1.68. The van der Waals surface area contributed by atoms with Crippen molar-refractivity contribution in [3.8, 4) is 5.88 Å². The van der Waals surface area contributed by atoms with Gasteiger partial charge in [-0.2, -0.15) is 0 Å². The fourth-order valence-corrected chi connectivity index (χ4v) is 3.11. The second-order valence-corrected chi connectivity index (χ2v) is 5.99. The predicted molar refractivity (Wildman–Crippen MR) is 90.8 cm³/mol. The van der Waals surface area contributed by atoms with Crippen LogP contribution in [0.25, 0.3) is 0 Å². The second-order valence-electron chi connectivity index (χ2n) is 5.99. The number of carbonyl (C=O) groups excluding carboxylic acids is 1. The number of hydrogen-bond acceptors (Lipinski definition) is 4. The van der Waals surface area contributed by atoms with E-state index in [4.69, 9.17) is 9.47 Å². The summed E-state index contributed by atoms with van der Waals surface area (Å²) in [5, 5.41) is 0. The van der Waals surface area contributed by atoms with Crippen LogP contribution >= 0.6 is 0 Å².